The van der Waals surface area contributed by atoms with Gasteiger partial charge in [0.15, 0.2) is 0 Å². The first-order chi connectivity index (χ1) is 16.0. The number of rotatable bonds is 7. The first-order valence-electron chi connectivity index (χ1n) is 10.7. The third-order valence-electron chi connectivity index (χ3n) is 5.24. The fourth-order valence-electron chi connectivity index (χ4n) is 3.63. The van der Waals surface area contributed by atoms with Crippen LogP contribution < -0.4 is 5.32 Å². The van der Waals surface area contributed by atoms with Gasteiger partial charge in [0.1, 0.15) is 6.07 Å². The summed E-state index contributed by atoms with van der Waals surface area (Å²) in [5, 5.41) is 16.9. The van der Waals surface area contributed by atoms with E-state index < -0.39 is 0 Å². The molecule has 6 heteroatoms. The van der Waals surface area contributed by atoms with E-state index >= 15 is 0 Å². The number of nitrogens with zero attached hydrogens (tertiary/aromatic N) is 3. The minimum absolute atomic E-state index is 0.142. The maximum Gasteiger partial charge on any atom is 0.252 e. The molecule has 33 heavy (non-hydrogen) atoms. The van der Waals surface area contributed by atoms with Gasteiger partial charge in [-0.25, -0.2) is 0 Å². The molecule has 0 spiro atoms. The van der Waals surface area contributed by atoms with Gasteiger partial charge in [-0.1, -0.05) is 60.3 Å². The predicted octanol–water partition coefficient (Wildman–Crippen LogP) is 5.50. The van der Waals surface area contributed by atoms with Crippen molar-refractivity contribution in [3.8, 4) is 6.07 Å². The topological polar surface area (TPSA) is 70.7 Å². The molecule has 1 aromatic heterocycles. The molecule has 0 saturated carbocycles. The Morgan fingerprint density at radius 1 is 0.970 bits per heavy atom. The summed E-state index contributed by atoms with van der Waals surface area (Å²) < 4.78 is 1.99. The fraction of sp³-hybridized carbons (Fsp3) is 0.148. The van der Waals surface area contributed by atoms with Crippen molar-refractivity contribution in [1.82, 2.24) is 15.1 Å². The summed E-state index contributed by atoms with van der Waals surface area (Å²) in [6.45, 7) is 5.16. The standard InChI is InChI=1S/C27H24N4OS/c1-19-14-20(2)31(30-19)18-22-9-7-8-21(15-22)17-29-27(32)24-11-4-6-13-26(24)33-25-12-5-3-10-23(25)16-28/h3-15H,17-18H2,1-2H3,(H,29,32). The number of amides is 1. The molecular weight excluding hydrogens is 428 g/mol. The molecule has 5 nitrogen and oxygen atoms in total. The minimum Gasteiger partial charge on any atom is -0.348 e. The lowest BCUT2D eigenvalue weighted by molar-refractivity contribution is 0.0948. The average Bonchev–Trinajstić information content (AvgIpc) is 3.14. The summed E-state index contributed by atoms with van der Waals surface area (Å²) in [6.07, 6.45) is 0. The van der Waals surface area contributed by atoms with E-state index in [-0.39, 0.29) is 5.91 Å². The molecule has 0 saturated heterocycles. The Bertz CT molecular complexity index is 1340. The lowest BCUT2D eigenvalue weighted by Gasteiger charge is -2.11. The average molecular weight is 453 g/mol. The van der Waals surface area contributed by atoms with E-state index in [9.17, 15) is 10.1 Å². The molecule has 1 N–H and O–H groups in total. The molecule has 0 aliphatic heterocycles. The highest BCUT2D eigenvalue weighted by Gasteiger charge is 2.13. The smallest absolute Gasteiger partial charge is 0.252 e. The number of benzene rings is 3. The van der Waals surface area contributed by atoms with Crippen LogP contribution in [0.1, 0.15) is 38.4 Å². The summed E-state index contributed by atoms with van der Waals surface area (Å²) in [5.41, 5.74) is 5.48. The van der Waals surface area contributed by atoms with Crippen LogP contribution in [0, 0.1) is 25.2 Å². The van der Waals surface area contributed by atoms with E-state index in [0.717, 1.165) is 32.3 Å². The molecule has 0 unspecified atom stereocenters. The van der Waals surface area contributed by atoms with Gasteiger partial charge in [-0.15, -0.1) is 0 Å². The Morgan fingerprint density at radius 2 is 1.70 bits per heavy atom. The maximum atomic E-state index is 13.0. The molecule has 3 aromatic carbocycles. The van der Waals surface area contributed by atoms with Gasteiger partial charge in [-0.2, -0.15) is 10.4 Å². The zero-order valence-electron chi connectivity index (χ0n) is 18.6. The first kappa shape index (κ1) is 22.4. The number of hydrogen-bond donors (Lipinski definition) is 1. The van der Waals surface area contributed by atoms with Gasteiger partial charge in [-0.05, 0) is 55.3 Å². The van der Waals surface area contributed by atoms with Gasteiger partial charge < -0.3 is 5.32 Å². The molecule has 4 rings (SSSR count). The second kappa shape index (κ2) is 10.2. The molecular formula is C27H24N4OS. The van der Waals surface area contributed by atoms with E-state index in [1.807, 2.05) is 66.2 Å². The molecule has 0 aliphatic rings. The van der Waals surface area contributed by atoms with Crippen LogP contribution in [-0.2, 0) is 13.1 Å². The van der Waals surface area contributed by atoms with Crippen LogP contribution in [0.2, 0.25) is 0 Å². The molecule has 164 valence electrons. The molecule has 0 fully saturated rings. The van der Waals surface area contributed by atoms with E-state index in [2.05, 4.69) is 41.6 Å². The minimum atomic E-state index is -0.142. The van der Waals surface area contributed by atoms with Gasteiger partial charge in [0.05, 0.1) is 23.4 Å². The van der Waals surface area contributed by atoms with E-state index in [0.29, 0.717) is 24.2 Å². The number of carbonyl (C=O) groups is 1. The SMILES string of the molecule is Cc1cc(C)n(Cc2cccc(CNC(=O)c3ccccc3Sc3ccccc3C#N)c2)n1. The highest BCUT2D eigenvalue weighted by molar-refractivity contribution is 7.99. The summed E-state index contributed by atoms with van der Waals surface area (Å²) >= 11 is 1.43. The Hall–Kier alpha value is -3.82. The second-order valence-electron chi connectivity index (χ2n) is 7.79. The van der Waals surface area contributed by atoms with Crippen LogP contribution >= 0.6 is 11.8 Å². The number of nitrogens with one attached hydrogen (secondary N) is 1. The van der Waals surface area contributed by atoms with E-state index in [4.69, 9.17) is 0 Å². The first-order valence-corrected chi connectivity index (χ1v) is 11.5. The molecule has 0 aliphatic carbocycles. The van der Waals surface area contributed by atoms with Crippen molar-refractivity contribution in [2.24, 2.45) is 0 Å². The van der Waals surface area contributed by atoms with Crippen molar-refractivity contribution in [1.29, 1.82) is 5.26 Å². The number of hydrogen-bond acceptors (Lipinski definition) is 4. The van der Waals surface area contributed by atoms with Gasteiger partial charge in [0.25, 0.3) is 5.91 Å². The summed E-state index contributed by atoms with van der Waals surface area (Å²) in [5.74, 6) is -0.142. The summed E-state index contributed by atoms with van der Waals surface area (Å²) in [4.78, 5) is 14.6. The van der Waals surface area contributed by atoms with Crippen molar-refractivity contribution in [3.63, 3.8) is 0 Å². The van der Waals surface area contributed by atoms with Crippen LogP contribution in [0.25, 0.3) is 0 Å². The van der Waals surface area contributed by atoms with Crippen molar-refractivity contribution in [2.45, 2.75) is 36.7 Å². The normalized spacial score (nSPS) is 10.6. The van der Waals surface area contributed by atoms with Crippen LogP contribution in [0.4, 0.5) is 0 Å². The Morgan fingerprint density at radius 3 is 2.45 bits per heavy atom. The van der Waals surface area contributed by atoms with Crippen LogP contribution in [0.3, 0.4) is 0 Å². The molecule has 0 bridgehead atoms. The number of aryl methyl sites for hydroxylation is 2. The van der Waals surface area contributed by atoms with Crippen molar-refractivity contribution >= 4 is 17.7 Å². The van der Waals surface area contributed by atoms with Gasteiger partial charge >= 0.3 is 0 Å². The molecule has 4 aromatic rings. The van der Waals surface area contributed by atoms with Crippen molar-refractivity contribution < 1.29 is 4.79 Å². The molecule has 1 amide bonds. The maximum absolute atomic E-state index is 13.0. The van der Waals surface area contributed by atoms with Crippen LogP contribution in [-0.4, -0.2) is 15.7 Å². The number of aromatic nitrogens is 2. The summed E-state index contributed by atoms with van der Waals surface area (Å²) in [6, 6.07) is 27.3. The third kappa shape index (κ3) is 5.51. The Balaban J connectivity index is 1.46. The monoisotopic (exact) mass is 452 g/mol. The summed E-state index contributed by atoms with van der Waals surface area (Å²) in [7, 11) is 0. The highest BCUT2D eigenvalue weighted by atomic mass is 32.2. The molecule has 1 heterocycles. The van der Waals surface area contributed by atoms with Crippen molar-refractivity contribution in [3.05, 3.63) is 113 Å². The Kier molecular flexibility index (Phi) is 6.92. The van der Waals surface area contributed by atoms with Crippen molar-refractivity contribution in [2.75, 3.05) is 0 Å². The van der Waals surface area contributed by atoms with Gasteiger partial charge in [0.2, 0.25) is 0 Å². The van der Waals surface area contributed by atoms with E-state index in [1.54, 1.807) is 6.07 Å². The quantitative estimate of drug-likeness (QED) is 0.402. The van der Waals surface area contributed by atoms with Crippen LogP contribution in [0.15, 0.2) is 88.7 Å². The zero-order valence-corrected chi connectivity index (χ0v) is 19.4. The number of nitriles is 1. The second-order valence-corrected chi connectivity index (χ2v) is 8.88. The predicted molar refractivity (Wildman–Crippen MR) is 130 cm³/mol. The number of carbonyl (C=O) groups excluding carboxylic acids is 1. The fourth-order valence-corrected chi connectivity index (χ4v) is 4.66. The molecule has 0 atom stereocenters. The Labute approximate surface area is 198 Å². The lowest BCUT2D eigenvalue weighted by atomic mass is 10.1. The van der Waals surface area contributed by atoms with E-state index in [1.165, 1.54) is 11.8 Å². The lowest BCUT2D eigenvalue weighted by Crippen LogP contribution is -2.23. The largest absolute Gasteiger partial charge is 0.348 e. The zero-order chi connectivity index (χ0) is 23.2. The molecule has 0 radical (unpaired) electrons. The van der Waals surface area contributed by atoms with Gasteiger partial charge in [-0.3, -0.25) is 9.48 Å². The van der Waals surface area contributed by atoms with Crippen LogP contribution in [0.5, 0.6) is 0 Å². The van der Waals surface area contributed by atoms with Gasteiger partial charge in [0, 0.05) is 22.0 Å². The highest BCUT2D eigenvalue weighted by Crippen LogP contribution is 2.32. The third-order valence-corrected chi connectivity index (χ3v) is 6.39.